The van der Waals surface area contributed by atoms with E-state index in [4.69, 9.17) is 17.0 Å². The quantitative estimate of drug-likeness (QED) is 0.0987. The molecule has 0 aliphatic carbocycles. The van der Waals surface area contributed by atoms with E-state index in [1.54, 1.807) is 36.5 Å². The molecule has 0 atom stereocenters. The fraction of sp³-hybridized carbons (Fsp3) is 0.206. The maximum absolute atomic E-state index is 15.2. The van der Waals surface area contributed by atoms with Crippen molar-refractivity contribution in [3.63, 3.8) is 0 Å². The van der Waals surface area contributed by atoms with Gasteiger partial charge in [0.2, 0.25) is 0 Å². The van der Waals surface area contributed by atoms with Gasteiger partial charge in [-0.05, 0) is 58.7 Å². The van der Waals surface area contributed by atoms with Gasteiger partial charge < -0.3 is 10.1 Å². The van der Waals surface area contributed by atoms with Crippen LogP contribution in [0.3, 0.4) is 0 Å². The summed E-state index contributed by atoms with van der Waals surface area (Å²) in [6.07, 6.45) is 3.33. The Labute approximate surface area is 270 Å². The van der Waals surface area contributed by atoms with Crippen LogP contribution in [0.4, 0.5) is 8.78 Å². The summed E-state index contributed by atoms with van der Waals surface area (Å²) in [5.41, 5.74) is 4.06. The third-order valence-corrected chi connectivity index (χ3v) is 9.31. The third kappa shape index (κ3) is 9.30. The fourth-order valence-corrected chi connectivity index (χ4v) is 6.62. The molecular formula is C34H30F2N2O4S3. The molecule has 0 spiro atoms. The first-order chi connectivity index (χ1) is 21.5. The van der Waals surface area contributed by atoms with Gasteiger partial charge in [-0.15, -0.1) is 11.3 Å². The number of thiocarbonyl (C=S) groups is 1. The number of fused-ring (bicyclic) bond motifs is 1. The number of carbonyl (C=O) groups excluding carboxylic acids is 1. The molecule has 0 radical (unpaired) electrons. The Morgan fingerprint density at radius 1 is 0.933 bits per heavy atom. The van der Waals surface area contributed by atoms with Gasteiger partial charge in [0.15, 0.2) is 11.6 Å². The lowest BCUT2D eigenvalue weighted by Gasteiger charge is -2.10. The van der Waals surface area contributed by atoms with E-state index in [1.165, 1.54) is 35.8 Å². The maximum Gasteiger partial charge on any atom is 0.166 e. The van der Waals surface area contributed by atoms with Gasteiger partial charge in [-0.3, -0.25) is 9.78 Å². The van der Waals surface area contributed by atoms with E-state index in [0.717, 1.165) is 26.2 Å². The molecule has 0 aliphatic rings. The van der Waals surface area contributed by atoms with Crippen LogP contribution in [0.5, 0.6) is 11.5 Å². The van der Waals surface area contributed by atoms with Crippen molar-refractivity contribution in [2.45, 2.75) is 25.8 Å². The van der Waals surface area contributed by atoms with Crippen molar-refractivity contribution in [3.8, 4) is 21.9 Å². The number of ketones is 1. The van der Waals surface area contributed by atoms with E-state index in [9.17, 15) is 17.6 Å². The normalized spacial score (nSPS) is 11.5. The number of aromatic nitrogens is 1. The Hall–Kier alpha value is -3.90. The van der Waals surface area contributed by atoms with Crippen LogP contribution in [-0.4, -0.2) is 42.6 Å². The van der Waals surface area contributed by atoms with Gasteiger partial charge in [-0.25, -0.2) is 17.2 Å². The minimum Gasteiger partial charge on any atom is -0.453 e. The number of Topliss-reactive ketones (excluding diaryl/α,β-unsaturated/α-hetero) is 1. The summed E-state index contributed by atoms with van der Waals surface area (Å²) in [6, 6.07) is 22.0. The lowest BCUT2D eigenvalue weighted by Crippen LogP contribution is -2.21. The van der Waals surface area contributed by atoms with Crippen molar-refractivity contribution in [1.29, 1.82) is 0 Å². The Morgan fingerprint density at radius 2 is 1.71 bits per heavy atom. The molecule has 3 aromatic carbocycles. The van der Waals surface area contributed by atoms with Crippen LogP contribution in [0.1, 0.15) is 23.1 Å². The molecule has 0 bridgehead atoms. The van der Waals surface area contributed by atoms with Crippen molar-refractivity contribution in [2.75, 3.05) is 18.6 Å². The Bertz CT molecular complexity index is 1960. The van der Waals surface area contributed by atoms with Crippen LogP contribution < -0.4 is 10.1 Å². The minimum absolute atomic E-state index is 0.0571. The molecule has 11 heteroatoms. The van der Waals surface area contributed by atoms with Crippen LogP contribution in [0.15, 0.2) is 85.1 Å². The van der Waals surface area contributed by atoms with Gasteiger partial charge in [0.1, 0.15) is 27.2 Å². The standard InChI is InChI=1S/C34H30F2N2O4S3/c1-45(40,41)14-13-37-21-24-3-2-4-25(15-24)33-20-30-34(44-33)32(11-12-38-30)42-31-10-7-23(18-29(31)36)17-28(43)19-27(39)16-22-5-8-26(35)9-6-22/h2-12,15,18,20,37H,13-14,16-17,19,21H2,1H3. The van der Waals surface area contributed by atoms with E-state index in [0.29, 0.717) is 34.8 Å². The molecule has 232 valence electrons. The first-order valence-electron chi connectivity index (χ1n) is 14.1. The summed E-state index contributed by atoms with van der Waals surface area (Å²) in [6.45, 7) is 0.909. The summed E-state index contributed by atoms with van der Waals surface area (Å²) < 4.78 is 57.8. The number of pyridine rings is 1. The molecule has 5 aromatic rings. The zero-order valence-electron chi connectivity index (χ0n) is 24.4. The Morgan fingerprint density at radius 3 is 2.47 bits per heavy atom. The summed E-state index contributed by atoms with van der Waals surface area (Å²) in [4.78, 5) is 18.3. The lowest BCUT2D eigenvalue weighted by molar-refractivity contribution is -0.117. The number of thiophene rings is 1. The predicted molar refractivity (Wildman–Crippen MR) is 179 cm³/mol. The van der Waals surface area contributed by atoms with Crippen LogP contribution in [0.25, 0.3) is 20.7 Å². The third-order valence-electron chi connectivity index (χ3n) is 6.89. The summed E-state index contributed by atoms with van der Waals surface area (Å²) in [5, 5.41) is 3.16. The second kappa shape index (κ2) is 14.5. The van der Waals surface area contributed by atoms with E-state index >= 15 is 4.39 Å². The van der Waals surface area contributed by atoms with Gasteiger partial charge in [0, 0.05) is 60.6 Å². The number of carbonyl (C=O) groups is 1. The smallest absolute Gasteiger partial charge is 0.166 e. The van der Waals surface area contributed by atoms with Gasteiger partial charge in [0.05, 0.1) is 16.0 Å². The number of sulfone groups is 1. The van der Waals surface area contributed by atoms with Crippen LogP contribution in [-0.2, 0) is 34.0 Å². The molecule has 6 nitrogen and oxygen atoms in total. The average Bonchev–Trinajstić information content (AvgIpc) is 3.43. The number of hydrogen-bond donors (Lipinski definition) is 1. The van der Waals surface area contributed by atoms with Crippen molar-refractivity contribution in [3.05, 3.63) is 113 Å². The van der Waals surface area contributed by atoms with E-state index < -0.39 is 15.7 Å². The minimum atomic E-state index is -3.02. The van der Waals surface area contributed by atoms with Crippen LogP contribution in [0.2, 0.25) is 0 Å². The highest BCUT2D eigenvalue weighted by molar-refractivity contribution is 7.90. The molecule has 0 fully saturated rings. The maximum atomic E-state index is 15.2. The number of nitrogens with one attached hydrogen (secondary N) is 1. The second-order valence-corrected chi connectivity index (χ2v) is 14.6. The molecule has 45 heavy (non-hydrogen) atoms. The average molecular weight is 665 g/mol. The number of hydrogen-bond acceptors (Lipinski definition) is 8. The SMILES string of the molecule is CS(=O)(=O)CCNCc1cccc(-c2cc3nccc(Oc4ccc(CC(=S)CC(=O)Cc5ccc(F)cc5)cc4F)c3s2)c1. The molecule has 0 aliphatic heterocycles. The molecule has 0 amide bonds. The van der Waals surface area contributed by atoms with Gasteiger partial charge in [-0.2, -0.15) is 0 Å². The van der Waals surface area contributed by atoms with Crippen LogP contribution in [0, 0.1) is 11.6 Å². The molecule has 0 saturated heterocycles. The predicted octanol–water partition coefficient (Wildman–Crippen LogP) is 7.28. The highest BCUT2D eigenvalue weighted by Crippen LogP contribution is 2.39. The highest BCUT2D eigenvalue weighted by Gasteiger charge is 2.15. The number of halogens is 2. The molecule has 1 N–H and O–H groups in total. The van der Waals surface area contributed by atoms with Gasteiger partial charge >= 0.3 is 0 Å². The summed E-state index contributed by atoms with van der Waals surface area (Å²) in [7, 11) is -3.02. The Balaban J connectivity index is 1.23. The second-order valence-electron chi connectivity index (χ2n) is 10.7. The number of benzene rings is 3. The molecule has 2 aromatic heterocycles. The zero-order valence-corrected chi connectivity index (χ0v) is 26.8. The van der Waals surface area contributed by atoms with Crippen molar-refractivity contribution < 1.29 is 26.7 Å². The van der Waals surface area contributed by atoms with Gasteiger partial charge in [0.25, 0.3) is 0 Å². The van der Waals surface area contributed by atoms with Crippen molar-refractivity contribution >= 4 is 54.3 Å². The van der Waals surface area contributed by atoms with Crippen LogP contribution >= 0.6 is 23.6 Å². The van der Waals surface area contributed by atoms with E-state index in [1.807, 2.05) is 30.3 Å². The number of nitrogens with zero attached hydrogens (tertiary/aromatic N) is 1. The van der Waals surface area contributed by atoms with Crippen molar-refractivity contribution in [1.82, 2.24) is 10.3 Å². The number of rotatable bonds is 14. The first kappa shape index (κ1) is 32.5. The molecule has 5 rings (SSSR count). The molecule has 0 saturated carbocycles. The molecule has 0 unspecified atom stereocenters. The van der Waals surface area contributed by atoms with E-state index in [-0.39, 0.29) is 42.4 Å². The summed E-state index contributed by atoms with van der Waals surface area (Å²) in [5.74, 6) is -0.385. The monoisotopic (exact) mass is 664 g/mol. The highest BCUT2D eigenvalue weighted by atomic mass is 32.2. The topological polar surface area (TPSA) is 85.4 Å². The largest absolute Gasteiger partial charge is 0.453 e. The fourth-order valence-electron chi connectivity index (χ4n) is 4.72. The molecule has 2 heterocycles. The van der Waals surface area contributed by atoms with E-state index in [2.05, 4.69) is 10.3 Å². The Kier molecular flexibility index (Phi) is 10.4. The first-order valence-corrected chi connectivity index (χ1v) is 17.4. The lowest BCUT2D eigenvalue weighted by atomic mass is 10.0. The zero-order chi connectivity index (χ0) is 32.0. The summed E-state index contributed by atoms with van der Waals surface area (Å²) >= 11 is 6.89. The van der Waals surface area contributed by atoms with Gasteiger partial charge in [-0.1, -0.05) is 48.6 Å². The van der Waals surface area contributed by atoms with Crippen molar-refractivity contribution in [2.24, 2.45) is 0 Å². The molecular weight excluding hydrogens is 635 g/mol. The number of ether oxygens (including phenoxy) is 1.